The van der Waals surface area contributed by atoms with Gasteiger partial charge in [-0.05, 0) is 35.9 Å². The first-order chi connectivity index (χ1) is 10.6. The minimum absolute atomic E-state index is 0.182. The number of rotatable bonds is 3. The van der Waals surface area contributed by atoms with Crippen LogP contribution >= 0.6 is 0 Å². The van der Waals surface area contributed by atoms with Gasteiger partial charge in [-0.15, -0.1) is 0 Å². The second-order valence-electron chi connectivity index (χ2n) is 5.28. The highest BCUT2D eigenvalue weighted by Crippen LogP contribution is 2.23. The molecule has 3 heteroatoms. The average Bonchev–Trinajstić information content (AvgIpc) is 2.54. The predicted molar refractivity (Wildman–Crippen MR) is 89.0 cm³/mol. The first kappa shape index (κ1) is 14.3. The molecule has 0 heterocycles. The van der Waals surface area contributed by atoms with E-state index in [9.17, 15) is 9.90 Å². The van der Waals surface area contributed by atoms with E-state index in [1.165, 1.54) is 0 Å². The van der Waals surface area contributed by atoms with Crippen LogP contribution in [0.4, 0.5) is 5.69 Å². The second kappa shape index (κ2) is 6.00. The van der Waals surface area contributed by atoms with Crippen molar-refractivity contribution in [2.24, 2.45) is 0 Å². The van der Waals surface area contributed by atoms with E-state index in [-0.39, 0.29) is 5.91 Å². The van der Waals surface area contributed by atoms with Crippen LogP contribution in [-0.4, -0.2) is 11.0 Å². The molecule has 0 aliphatic heterocycles. The topological polar surface area (TPSA) is 49.3 Å². The molecule has 0 aliphatic rings. The minimum atomic E-state index is -0.631. The van der Waals surface area contributed by atoms with E-state index in [2.05, 4.69) is 5.32 Å². The maximum absolute atomic E-state index is 12.4. The third-order valence-corrected chi connectivity index (χ3v) is 3.67. The van der Waals surface area contributed by atoms with Gasteiger partial charge >= 0.3 is 0 Å². The summed E-state index contributed by atoms with van der Waals surface area (Å²) < 4.78 is 0. The summed E-state index contributed by atoms with van der Waals surface area (Å²) in [5, 5.41) is 14.8. The maximum atomic E-state index is 12.4. The number of aliphatic hydroxyl groups is 1. The summed E-state index contributed by atoms with van der Waals surface area (Å²) in [6.07, 6.45) is -0.631. The van der Waals surface area contributed by atoms with Gasteiger partial charge in [0.05, 0.1) is 6.10 Å². The zero-order valence-corrected chi connectivity index (χ0v) is 12.3. The lowest BCUT2D eigenvalue weighted by Crippen LogP contribution is -2.13. The summed E-state index contributed by atoms with van der Waals surface area (Å²) in [6, 6.07) is 20.8. The molecular formula is C19H17NO2. The molecule has 22 heavy (non-hydrogen) atoms. The molecular weight excluding hydrogens is 274 g/mol. The number of para-hydroxylation sites is 1. The molecule has 0 bridgehead atoms. The van der Waals surface area contributed by atoms with Gasteiger partial charge in [-0.1, -0.05) is 48.5 Å². The van der Waals surface area contributed by atoms with Crippen molar-refractivity contribution in [1.82, 2.24) is 0 Å². The Morgan fingerprint density at radius 1 is 0.955 bits per heavy atom. The first-order valence-corrected chi connectivity index (χ1v) is 7.22. The predicted octanol–water partition coefficient (Wildman–Crippen LogP) is 4.15. The Kier molecular flexibility index (Phi) is 3.90. The van der Waals surface area contributed by atoms with Crippen LogP contribution < -0.4 is 5.32 Å². The molecule has 0 spiro atoms. The molecule has 3 aromatic rings. The Bertz CT molecular complexity index is 824. The summed E-state index contributed by atoms with van der Waals surface area (Å²) in [5.41, 5.74) is 1.94. The molecule has 0 aliphatic carbocycles. The van der Waals surface area contributed by atoms with Crippen molar-refractivity contribution in [2.45, 2.75) is 13.0 Å². The van der Waals surface area contributed by atoms with Crippen molar-refractivity contribution >= 4 is 22.4 Å². The molecule has 0 fully saturated rings. The molecule has 110 valence electrons. The molecule has 2 N–H and O–H groups in total. The number of fused-ring (bicyclic) bond motifs is 1. The van der Waals surface area contributed by atoms with E-state index in [1.807, 2.05) is 54.6 Å². The van der Waals surface area contributed by atoms with E-state index < -0.39 is 6.10 Å². The highest BCUT2D eigenvalue weighted by atomic mass is 16.3. The molecule has 0 saturated carbocycles. The smallest absolute Gasteiger partial charge is 0.255 e. The van der Waals surface area contributed by atoms with Gasteiger partial charge in [0.25, 0.3) is 5.91 Å². The van der Waals surface area contributed by atoms with Crippen LogP contribution in [0.5, 0.6) is 0 Å². The number of carbonyl (C=O) groups excluding carboxylic acids is 1. The monoisotopic (exact) mass is 291 g/mol. The van der Waals surface area contributed by atoms with Gasteiger partial charge in [0.1, 0.15) is 0 Å². The summed E-state index contributed by atoms with van der Waals surface area (Å²) >= 11 is 0. The van der Waals surface area contributed by atoms with E-state index in [0.29, 0.717) is 16.8 Å². The van der Waals surface area contributed by atoms with Crippen molar-refractivity contribution in [3.8, 4) is 0 Å². The SMILES string of the molecule is CC(O)c1ccccc1NC(=O)c1ccc2ccccc2c1. The quantitative estimate of drug-likeness (QED) is 0.761. The Labute approximate surface area is 129 Å². The van der Waals surface area contributed by atoms with Crippen LogP contribution in [0, 0.1) is 0 Å². The Morgan fingerprint density at radius 2 is 1.64 bits per heavy atom. The van der Waals surface area contributed by atoms with Gasteiger partial charge in [0.2, 0.25) is 0 Å². The zero-order valence-electron chi connectivity index (χ0n) is 12.3. The summed E-state index contributed by atoms with van der Waals surface area (Å²) in [6.45, 7) is 1.68. The minimum Gasteiger partial charge on any atom is -0.389 e. The zero-order chi connectivity index (χ0) is 15.5. The molecule has 3 rings (SSSR count). The van der Waals surface area contributed by atoms with Crippen LogP contribution in [0.2, 0.25) is 0 Å². The molecule has 0 saturated heterocycles. The number of amides is 1. The molecule has 1 amide bonds. The van der Waals surface area contributed by atoms with Crippen molar-refractivity contribution in [1.29, 1.82) is 0 Å². The number of benzene rings is 3. The van der Waals surface area contributed by atoms with E-state index in [0.717, 1.165) is 10.8 Å². The standard InChI is InChI=1S/C19H17NO2/c1-13(21)17-8-4-5-9-18(17)20-19(22)16-11-10-14-6-2-3-7-15(14)12-16/h2-13,21H,1H3,(H,20,22). The fourth-order valence-electron chi connectivity index (χ4n) is 2.50. The fourth-order valence-corrected chi connectivity index (χ4v) is 2.50. The number of nitrogens with one attached hydrogen (secondary N) is 1. The lowest BCUT2D eigenvalue weighted by atomic mass is 10.1. The van der Waals surface area contributed by atoms with Gasteiger partial charge in [0, 0.05) is 16.8 Å². The molecule has 3 aromatic carbocycles. The highest BCUT2D eigenvalue weighted by Gasteiger charge is 2.11. The van der Waals surface area contributed by atoms with Crippen molar-refractivity contribution < 1.29 is 9.90 Å². The van der Waals surface area contributed by atoms with Gasteiger partial charge in [-0.25, -0.2) is 0 Å². The van der Waals surface area contributed by atoms with Gasteiger partial charge in [-0.3, -0.25) is 4.79 Å². The average molecular weight is 291 g/mol. The van der Waals surface area contributed by atoms with Crippen LogP contribution in [-0.2, 0) is 0 Å². The molecule has 0 radical (unpaired) electrons. The third-order valence-electron chi connectivity index (χ3n) is 3.67. The fraction of sp³-hybridized carbons (Fsp3) is 0.105. The lowest BCUT2D eigenvalue weighted by Gasteiger charge is -2.13. The van der Waals surface area contributed by atoms with Gasteiger partial charge in [-0.2, -0.15) is 0 Å². The lowest BCUT2D eigenvalue weighted by molar-refractivity contribution is 0.102. The van der Waals surface area contributed by atoms with Crippen LogP contribution in [0.25, 0.3) is 10.8 Å². The Balaban J connectivity index is 1.90. The number of hydrogen-bond donors (Lipinski definition) is 2. The number of aliphatic hydroxyl groups excluding tert-OH is 1. The van der Waals surface area contributed by atoms with E-state index in [4.69, 9.17) is 0 Å². The van der Waals surface area contributed by atoms with E-state index >= 15 is 0 Å². The maximum Gasteiger partial charge on any atom is 0.255 e. The second-order valence-corrected chi connectivity index (χ2v) is 5.28. The Morgan fingerprint density at radius 3 is 2.41 bits per heavy atom. The van der Waals surface area contributed by atoms with Crippen LogP contribution in [0.1, 0.15) is 28.9 Å². The van der Waals surface area contributed by atoms with Crippen molar-refractivity contribution in [3.05, 3.63) is 77.9 Å². The number of anilines is 1. The largest absolute Gasteiger partial charge is 0.389 e. The molecule has 3 nitrogen and oxygen atoms in total. The number of hydrogen-bond acceptors (Lipinski definition) is 2. The van der Waals surface area contributed by atoms with E-state index in [1.54, 1.807) is 19.1 Å². The summed E-state index contributed by atoms with van der Waals surface area (Å²) in [7, 11) is 0. The molecule has 1 unspecified atom stereocenters. The first-order valence-electron chi connectivity index (χ1n) is 7.22. The van der Waals surface area contributed by atoms with Crippen molar-refractivity contribution in [3.63, 3.8) is 0 Å². The summed E-state index contributed by atoms with van der Waals surface area (Å²) in [4.78, 5) is 12.4. The third kappa shape index (κ3) is 2.85. The Hall–Kier alpha value is -2.65. The summed E-state index contributed by atoms with van der Waals surface area (Å²) in [5.74, 6) is -0.182. The molecule has 1 atom stereocenters. The van der Waals surface area contributed by atoms with Crippen LogP contribution in [0.3, 0.4) is 0 Å². The highest BCUT2D eigenvalue weighted by molar-refractivity contribution is 6.06. The molecule has 0 aromatic heterocycles. The van der Waals surface area contributed by atoms with Crippen molar-refractivity contribution in [2.75, 3.05) is 5.32 Å². The van der Waals surface area contributed by atoms with Gasteiger partial charge in [0.15, 0.2) is 0 Å². The normalized spacial score (nSPS) is 12.1. The number of carbonyl (C=O) groups is 1. The van der Waals surface area contributed by atoms with Gasteiger partial charge < -0.3 is 10.4 Å². The van der Waals surface area contributed by atoms with Crippen LogP contribution in [0.15, 0.2) is 66.7 Å².